The second-order valence-corrected chi connectivity index (χ2v) is 5.18. The van der Waals surface area contributed by atoms with E-state index in [4.69, 9.17) is 11.6 Å². The first-order valence-corrected chi connectivity index (χ1v) is 6.29. The molecule has 18 heavy (non-hydrogen) atoms. The molecule has 0 N–H and O–H groups in total. The Kier molecular flexibility index (Phi) is 3.53. The molecule has 0 amide bonds. The van der Waals surface area contributed by atoms with Crippen LogP contribution >= 0.6 is 11.6 Å². The summed E-state index contributed by atoms with van der Waals surface area (Å²) in [5.74, 6) is 0. The van der Waals surface area contributed by atoms with Crippen molar-refractivity contribution in [2.45, 2.75) is 32.1 Å². The molecule has 0 heterocycles. The van der Waals surface area contributed by atoms with Crippen LogP contribution in [-0.4, -0.2) is 4.92 Å². The number of nitriles is 1. The van der Waals surface area contributed by atoms with E-state index in [1.807, 2.05) is 0 Å². The van der Waals surface area contributed by atoms with Crippen molar-refractivity contribution in [2.24, 2.45) is 5.41 Å². The van der Waals surface area contributed by atoms with Crippen molar-refractivity contribution < 1.29 is 4.92 Å². The zero-order valence-corrected chi connectivity index (χ0v) is 10.6. The molecule has 1 aromatic rings. The van der Waals surface area contributed by atoms with Crippen LogP contribution in [-0.2, 0) is 6.42 Å². The van der Waals surface area contributed by atoms with E-state index in [1.54, 1.807) is 12.1 Å². The molecule has 2 rings (SSSR count). The van der Waals surface area contributed by atoms with Crippen molar-refractivity contribution in [3.63, 3.8) is 0 Å². The normalized spacial score (nSPS) is 17.3. The number of nitro groups is 1. The van der Waals surface area contributed by atoms with Gasteiger partial charge >= 0.3 is 0 Å². The molecule has 0 atom stereocenters. The highest BCUT2D eigenvalue weighted by Crippen LogP contribution is 2.43. The fraction of sp³-hybridized carbons (Fsp3) is 0.462. The molecule has 0 aliphatic heterocycles. The predicted octanol–water partition coefficient (Wildman–Crippen LogP) is 3.87. The van der Waals surface area contributed by atoms with Crippen LogP contribution in [0.5, 0.6) is 0 Å². The Bertz CT molecular complexity index is 516. The van der Waals surface area contributed by atoms with Crippen LogP contribution in [0.1, 0.15) is 31.2 Å². The van der Waals surface area contributed by atoms with Gasteiger partial charge in [-0.25, -0.2) is 0 Å². The minimum atomic E-state index is -0.476. The van der Waals surface area contributed by atoms with Gasteiger partial charge in [-0.15, -0.1) is 0 Å². The van der Waals surface area contributed by atoms with Gasteiger partial charge in [0.2, 0.25) is 0 Å². The van der Waals surface area contributed by atoms with Gasteiger partial charge in [-0.2, -0.15) is 5.26 Å². The fourth-order valence-electron chi connectivity index (χ4n) is 2.61. The van der Waals surface area contributed by atoms with Gasteiger partial charge in [0, 0.05) is 11.6 Å². The zero-order valence-electron chi connectivity index (χ0n) is 9.86. The smallest absolute Gasteiger partial charge is 0.258 e. The molecule has 5 heteroatoms. The Morgan fingerprint density at radius 1 is 1.44 bits per heavy atom. The Morgan fingerprint density at radius 3 is 2.67 bits per heavy atom. The van der Waals surface area contributed by atoms with Gasteiger partial charge in [-0.1, -0.05) is 30.5 Å². The molecule has 0 bridgehead atoms. The van der Waals surface area contributed by atoms with E-state index < -0.39 is 10.3 Å². The summed E-state index contributed by atoms with van der Waals surface area (Å²) >= 11 is 6.06. The first-order chi connectivity index (χ1) is 8.58. The number of hydrogen-bond donors (Lipinski definition) is 0. The van der Waals surface area contributed by atoms with Gasteiger partial charge < -0.3 is 0 Å². The van der Waals surface area contributed by atoms with Crippen LogP contribution in [0.15, 0.2) is 18.2 Å². The molecular formula is C13H13ClN2O2. The number of nitro benzene ring substituents is 1. The standard InChI is InChI=1S/C13H13ClN2O2/c14-11-4-3-5-12(16(17)18)10(11)8-13(9-15)6-1-2-7-13/h3-5H,1-2,6-8H2. The number of rotatable bonds is 3. The van der Waals surface area contributed by atoms with E-state index in [0.717, 1.165) is 25.7 Å². The molecule has 0 saturated heterocycles. The first-order valence-electron chi connectivity index (χ1n) is 5.91. The third-order valence-corrected chi connectivity index (χ3v) is 3.96. The van der Waals surface area contributed by atoms with E-state index in [2.05, 4.69) is 6.07 Å². The molecule has 1 fully saturated rings. The number of benzene rings is 1. The molecule has 0 spiro atoms. The fourth-order valence-corrected chi connectivity index (χ4v) is 2.85. The molecule has 94 valence electrons. The van der Waals surface area contributed by atoms with Crippen molar-refractivity contribution in [3.05, 3.63) is 38.9 Å². The van der Waals surface area contributed by atoms with Crippen LogP contribution in [0.3, 0.4) is 0 Å². The Labute approximate surface area is 110 Å². The highest BCUT2D eigenvalue weighted by Gasteiger charge is 2.36. The highest BCUT2D eigenvalue weighted by molar-refractivity contribution is 6.31. The summed E-state index contributed by atoms with van der Waals surface area (Å²) in [7, 11) is 0. The molecule has 0 radical (unpaired) electrons. The molecule has 0 unspecified atom stereocenters. The largest absolute Gasteiger partial charge is 0.274 e. The SMILES string of the molecule is N#CC1(Cc2c(Cl)cccc2[N+](=O)[O-])CCCC1. The van der Waals surface area contributed by atoms with E-state index >= 15 is 0 Å². The van der Waals surface area contributed by atoms with E-state index in [0.29, 0.717) is 17.0 Å². The second kappa shape index (κ2) is 4.95. The maximum absolute atomic E-state index is 11.0. The van der Waals surface area contributed by atoms with Gasteiger partial charge in [0.05, 0.1) is 21.4 Å². The Balaban J connectivity index is 2.39. The summed E-state index contributed by atoms with van der Waals surface area (Å²) < 4.78 is 0. The van der Waals surface area contributed by atoms with Gasteiger partial charge in [0.1, 0.15) is 0 Å². The van der Waals surface area contributed by atoms with Crippen LogP contribution in [0, 0.1) is 26.9 Å². The molecule has 1 aromatic carbocycles. The molecule has 1 aliphatic rings. The van der Waals surface area contributed by atoms with Crippen molar-refractivity contribution in [3.8, 4) is 6.07 Å². The highest BCUT2D eigenvalue weighted by atomic mass is 35.5. The minimum Gasteiger partial charge on any atom is -0.258 e. The van der Waals surface area contributed by atoms with Crippen molar-refractivity contribution in [1.82, 2.24) is 0 Å². The van der Waals surface area contributed by atoms with E-state index in [1.165, 1.54) is 6.07 Å². The summed E-state index contributed by atoms with van der Waals surface area (Å²) in [6, 6.07) is 6.99. The third-order valence-electron chi connectivity index (χ3n) is 3.60. The molecular weight excluding hydrogens is 252 g/mol. The topological polar surface area (TPSA) is 66.9 Å². The van der Waals surface area contributed by atoms with Crippen LogP contribution in [0.25, 0.3) is 0 Å². The lowest BCUT2D eigenvalue weighted by molar-refractivity contribution is -0.385. The van der Waals surface area contributed by atoms with Crippen LogP contribution in [0.4, 0.5) is 5.69 Å². The lowest BCUT2D eigenvalue weighted by atomic mass is 9.81. The number of hydrogen-bond acceptors (Lipinski definition) is 3. The first kappa shape index (κ1) is 12.8. The molecule has 0 aromatic heterocycles. The Hall–Kier alpha value is -1.60. The monoisotopic (exact) mass is 264 g/mol. The summed E-state index contributed by atoms with van der Waals surface area (Å²) in [6.45, 7) is 0. The van der Waals surface area contributed by atoms with Crippen LogP contribution in [0.2, 0.25) is 5.02 Å². The maximum Gasteiger partial charge on any atom is 0.274 e. The molecule has 1 saturated carbocycles. The van der Waals surface area contributed by atoms with E-state index in [9.17, 15) is 15.4 Å². The summed E-state index contributed by atoms with van der Waals surface area (Å²) in [5, 5.41) is 20.7. The Morgan fingerprint density at radius 2 is 2.11 bits per heavy atom. The van der Waals surface area contributed by atoms with Gasteiger partial charge in [-0.05, 0) is 25.3 Å². The maximum atomic E-state index is 11.0. The van der Waals surface area contributed by atoms with Crippen LogP contribution < -0.4 is 0 Å². The summed E-state index contributed by atoms with van der Waals surface area (Å²) in [4.78, 5) is 10.6. The van der Waals surface area contributed by atoms with Gasteiger partial charge in [0.15, 0.2) is 0 Å². The summed E-state index contributed by atoms with van der Waals surface area (Å²) in [5.41, 5.74) is 0.0343. The lowest BCUT2D eigenvalue weighted by Crippen LogP contribution is -2.18. The number of halogens is 1. The number of nitrogens with zero attached hydrogens (tertiary/aromatic N) is 2. The lowest BCUT2D eigenvalue weighted by Gasteiger charge is -2.20. The molecule has 4 nitrogen and oxygen atoms in total. The average Bonchev–Trinajstić information content (AvgIpc) is 2.81. The predicted molar refractivity (Wildman–Crippen MR) is 68.3 cm³/mol. The van der Waals surface area contributed by atoms with Gasteiger partial charge in [0.25, 0.3) is 5.69 Å². The van der Waals surface area contributed by atoms with Crippen molar-refractivity contribution in [1.29, 1.82) is 5.26 Å². The third kappa shape index (κ3) is 2.32. The van der Waals surface area contributed by atoms with Crippen molar-refractivity contribution in [2.75, 3.05) is 0 Å². The zero-order chi connectivity index (χ0) is 13.2. The summed E-state index contributed by atoms with van der Waals surface area (Å²) in [6.07, 6.45) is 3.98. The van der Waals surface area contributed by atoms with Crippen molar-refractivity contribution >= 4 is 17.3 Å². The van der Waals surface area contributed by atoms with E-state index in [-0.39, 0.29) is 5.69 Å². The molecule has 1 aliphatic carbocycles. The second-order valence-electron chi connectivity index (χ2n) is 4.77. The average molecular weight is 265 g/mol. The van der Waals surface area contributed by atoms with Gasteiger partial charge in [-0.3, -0.25) is 10.1 Å². The quantitative estimate of drug-likeness (QED) is 0.615. The minimum absolute atomic E-state index is 0.0176.